The zero-order valence-electron chi connectivity index (χ0n) is 15.0. The Morgan fingerprint density at radius 1 is 0.594 bits per heavy atom. The molecule has 174 valence electrons. The van der Waals surface area contributed by atoms with E-state index in [0.717, 1.165) is 0 Å². The summed E-state index contributed by atoms with van der Waals surface area (Å²) in [4.78, 5) is 23.3. The van der Waals surface area contributed by atoms with Gasteiger partial charge in [-0.05, 0) is 6.42 Å². The van der Waals surface area contributed by atoms with Gasteiger partial charge < -0.3 is 15.2 Å². The van der Waals surface area contributed by atoms with E-state index in [1.165, 1.54) is 0 Å². The molecular formula is C17H7F10NO4. The van der Waals surface area contributed by atoms with Gasteiger partial charge in [0.15, 0.2) is 0 Å². The standard InChI is InChI=1S/C17H7F10NO4/c18-5-7(20)11(24)15(12(25)8(5)21)31-4(29)2-1-3(28)17(30)32-16-13(26)9(22)6(19)10(23)14(16)27/h3H,1-2,28H2/t3-/m0/s1. The van der Waals surface area contributed by atoms with Crippen LogP contribution in [0.5, 0.6) is 11.5 Å². The maximum absolute atomic E-state index is 13.5. The summed E-state index contributed by atoms with van der Waals surface area (Å²) in [7, 11) is 0. The fourth-order valence-corrected chi connectivity index (χ4v) is 2.08. The van der Waals surface area contributed by atoms with Gasteiger partial charge in [0.1, 0.15) is 6.04 Å². The SMILES string of the molecule is N[C@@H](CCC(=O)Oc1c(F)c(F)c(F)c(F)c1F)C(=O)Oc1c(F)c(F)c(F)c(F)c1F. The Labute approximate surface area is 170 Å². The predicted octanol–water partition coefficient (Wildman–Crippen LogP) is 3.70. The molecule has 0 aromatic heterocycles. The largest absolute Gasteiger partial charge is 0.420 e. The van der Waals surface area contributed by atoms with Gasteiger partial charge >= 0.3 is 11.9 Å². The number of rotatable bonds is 6. The molecule has 2 N–H and O–H groups in total. The molecule has 0 bridgehead atoms. The fourth-order valence-electron chi connectivity index (χ4n) is 2.08. The quantitative estimate of drug-likeness (QED) is 0.225. The van der Waals surface area contributed by atoms with Crippen LogP contribution in [0, 0.1) is 58.2 Å². The summed E-state index contributed by atoms with van der Waals surface area (Å²) in [5, 5.41) is 0. The topological polar surface area (TPSA) is 78.6 Å². The number of esters is 2. The molecule has 0 aliphatic carbocycles. The average molecular weight is 479 g/mol. The molecule has 15 heteroatoms. The van der Waals surface area contributed by atoms with E-state index in [1.54, 1.807) is 0 Å². The fraction of sp³-hybridized carbons (Fsp3) is 0.176. The minimum absolute atomic E-state index is 0.859. The first-order chi connectivity index (χ1) is 14.8. The van der Waals surface area contributed by atoms with Crippen LogP contribution in [0.3, 0.4) is 0 Å². The molecule has 0 saturated heterocycles. The summed E-state index contributed by atoms with van der Waals surface area (Å²) >= 11 is 0. The van der Waals surface area contributed by atoms with E-state index in [2.05, 4.69) is 9.47 Å². The van der Waals surface area contributed by atoms with Crippen molar-refractivity contribution < 1.29 is 63.0 Å². The molecule has 32 heavy (non-hydrogen) atoms. The van der Waals surface area contributed by atoms with E-state index < -0.39 is 100 Å². The van der Waals surface area contributed by atoms with Gasteiger partial charge in [-0.15, -0.1) is 0 Å². The lowest BCUT2D eigenvalue weighted by Crippen LogP contribution is -2.35. The third-order valence-electron chi connectivity index (χ3n) is 3.72. The van der Waals surface area contributed by atoms with Crippen molar-refractivity contribution in [2.45, 2.75) is 18.9 Å². The molecule has 0 saturated carbocycles. The Morgan fingerprint density at radius 3 is 1.28 bits per heavy atom. The van der Waals surface area contributed by atoms with Crippen molar-refractivity contribution >= 4 is 11.9 Å². The Balaban J connectivity index is 2.07. The van der Waals surface area contributed by atoms with Gasteiger partial charge in [-0.2, -0.15) is 17.6 Å². The van der Waals surface area contributed by atoms with Crippen molar-refractivity contribution in [1.29, 1.82) is 0 Å². The molecule has 2 aromatic rings. The van der Waals surface area contributed by atoms with E-state index in [0.29, 0.717) is 0 Å². The minimum Gasteiger partial charge on any atom is -0.420 e. The highest BCUT2D eigenvalue weighted by Gasteiger charge is 2.31. The minimum atomic E-state index is -2.53. The van der Waals surface area contributed by atoms with Crippen LogP contribution in [-0.4, -0.2) is 18.0 Å². The number of benzene rings is 2. The molecule has 0 amide bonds. The maximum atomic E-state index is 13.5. The van der Waals surface area contributed by atoms with Crippen molar-refractivity contribution in [2.24, 2.45) is 5.73 Å². The van der Waals surface area contributed by atoms with Gasteiger partial charge in [-0.3, -0.25) is 4.79 Å². The van der Waals surface area contributed by atoms with Crippen molar-refractivity contribution in [1.82, 2.24) is 0 Å². The summed E-state index contributed by atoms with van der Waals surface area (Å²) in [6, 6.07) is -1.98. The first-order valence-corrected chi connectivity index (χ1v) is 8.00. The van der Waals surface area contributed by atoms with Crippen molar-refractivity contribution in [3.8, 4) is 11.5 Å². The molecule has 1 atom stereocenters. The zero-order chi connectivity index (χ0) is 24.5. The number of carbonyl (C=O) groups is 2. The number of ether oxygens (including phenoxy) is 2. The first-order valence-electron chi connectivity index (χ1n) is 8.00. The molecule has 2 aromatic carbocycles. The summed E-state index contributed by atoms with van der Waals surface area (Å²) in [6.07, 6.45) is -1.89. The van der Waals surface area contributed by atoms with Crippen LogP contribution >= 0.6 is 0 Å². The van der Waals surface area contributed by atoms with Crippen LogP contribution < -0.4 is 15.2 Å². The van der Waals surface area contributed by atoms with Gasteiger partial charge in [0, 0.05) is 6.42 Å². The third kappa shape index (κ3) is 4.61. The monoisotopic (exact) mass is 479 g/mol. The van der Waals surface area contributed by atoms with E-state index in [4.69, 9.17) is 5.73 Å². The van der Waals surface area contributed by atoms with Crippen molar-refractivity contribution in [3.05, 3.63) is 58.2 Å². The highest BCUT2D eigenvalue weighted by atomic mass is 19.2. The molecule has 0 aliphatic rings. The maximum Gasteiger partial charge on any atom is 0.328 e. The Kier molecular flexibility index (Phi) is 7.33. The number of hydrogen-bond donors (Lipinski definition) is 1. The van der Waals surface area contributed by atoms with Crippen LogP contribution in [0.25, 0.3) is 0 Å². The number of halogens is 10. The summed E-state index contributed by atoms with van der Waals surface area (Å²) in [5.41, 5.74) is 5.23. The molecule has 0 aliphatic heterocycles. The van der Waals surface area contributed by atoms with E-state index >= 15 is 0 Å². The van der Waals surface area contributed by atoms with Crippen molar-refractivity contribution in [2.75, 3.05) is 0 Å². The van der Waals surface area contributed by atoms with Gasteiger partial charge in [0.2, 0.25) is 69.7 Å². The second-order valence-corrected chi connectivity index (χ2v) is 5.84. The lowest BCUT2D eigenvalue weighted by molar-refractivity contribution is -0.137. The van der Waals surface area contributed by atoms with E-state index in [-0.39, 0.29) is 0 Å². The van der Waals surface area contributed by atoms with Crippen LogP contribution in [0.1, 0.15) is 12.8 Å². The van der Waals surface area contributed by atoms with Crippen molar-refractivity contribution in [3.63, 3.8) is 0 Å². The van der Waals surface area contributed by atoms with Gasteiger partial charge in [-0.25, -0.2) is 31.1 Å². The molecule has 5 nitrogen and oxygen atoms in total. The molecule has 0 unspecified atom stereocenters. The Morgan fingerprint density at radius 2 is 0.906 bits per heavy atom. The molecular weight excluding hydrogens is 472 g/mol. The Hall–Kier alpha value is -3.36. The highest BCUT2D eigenvalue weighted by molar-refractivity contribution is 5.79. The van der Waals surface area contributed by atoms with Gasteiger partial charge in [0.25, 0.3) is 0 Å². The van der Waals surface area contributed by atoms with Gasteiger partial charge in [0.05, 0.1) is 0 Å². The van der Waals surface area contributed by atoms with Gasteiger partial charge in [-0.1, -0.05) is 0 Å². The third-order valence-corrected chi connectivity index (χ3v) is 3.72. The Bertz CT molecular complexity index is 1050. The second kappa shape index (κ2) is 9.42. The molecule has 0 spiro atoms. The van der Waals surface area contributed by atoms with E-state index in [1.807, 2.05) is 0 Å². The first kappa shape index (κ1) is 24.9. The summed E-state index contributed by atoms with van der Waals surface area (Å²) in [6.45, 7) is 0. The summed E-state index contributed by atoms with van der Waals surface area (Å²) in [5.74, 6) is -32.0. The molecule has 0 heterocycles. The highest BCUT2D eigenvalue weighted by Crippen LogP contribution is 2.30. The zero-order valence-corrected chi connectivity index (χ0v) is 15.0. The summed E-state index contributed by atoms with van der Waals surface area (Å²) < 4.78 is 140. The molecule has 2 rings (SSSR count). The smallest absolute Gasteiger partial charge is 0.328 e. The molecule has 0 radical (unpaired) electrons. The average Bonchev–Trinajstić information content (AvgIpc) is 2.77. The number of carbonyl (C=O) groups excluding carboxylic acids is 2. The van der Waals surface area contributed by atoms with Crippen LogP contribution in [0.15, 0.2) is 0 Å². The lowest BCUT2D eigenvalue weighted by atomic mass is 10.1. The number of hydrogen-bond acceptors (Lipinski definition) is 5. The van der Waals surface area contributed by atoms with E-state index in [9.17, 15) is 53.5 Å². The van der Waals surface area contributed by atoms with Crippen LogP contribution in [-0.2, 0) is 9.59 Å². The van der Waals surface area contributed by atoms with Crippen LogP contribution in [0.2, 0.25) is 0 Å². The number of nitrogens with two attached hydrogens (primary N) is 1. The normalized spacial score (nSPS) is 12.0. The lowest BCUT2D eigenvalue weighted by Gasteiger charge is -2.13. The second-order valence-electron chi connectivity index (χ2n) is 5.84. The predicted molar refractivity (Wildman–Crippen MR) is 80.9 cm³/mol. The van der Waals surface area contributed by atoms with Crippen LogP contribution in [0.4, 0.5) is 43.9 Å². The molecule has 0 fully saturated rings.